The van der Waals surface area contributed by atoms with Crippen LogP contribution in [0.25, 0.3) is 10.9 Å². The van der Waals surface area contributed by atoms with Crippen LogP contribution in [-0.4, -0.2) is 21.7 Å². The number of hydrogen-bond donors (Lipinski definition) is 2. The Labute approximate surface area is 143 Å². The Hall–Kier alpha value is -2.47. The van der Waals surface area contributed by atoms with Crippen LogP contribution in [0.5, 0.6) is 0 Å². The number of aromatic amines is 1. The maximum atomic E-state index is 12.6. The zero-order valence-corrected chi connectivity index (χ0v) is 14.3. The lowest BCUT2D eigenvalue weighted by atomic mass is 9.78. The third kappa shape index (κ3) is 2.53. The van der Waals surface area contributed by atoms with Crippen molar-refractivity contribution in [2.75, 3.05) is 5.32 Å². The van der Waals surface area contributed by atoms with Crippen molar-refractivity contribution in [2.45, 2.75) is 26.7 Å². The van der Waals surface area contributed by atoms with Gasteiger partial charge in [-0.05, 0) is 17.9 Å². The fourth-order valence-corrected chi connectivity index (χ4v) is 4.11. The monoisotopic (exact) mass is 339 g/mol. The molecule has 1 aliphatic rings. The number of carbonyl (C=O) groups excluding carboxylic acids is 2. The highest BCUT2D eigenvalue weighted by molar-refractivity contribution is 7.17. The fourth-order valence-electron chi connectivity index (χ4n) is 3.20. The summed E-state index contributed by atoms with van der Waals surface area (Å²) in [5, 5.41) is 4.19. The van der Waals surface area contributed by atoms with Gasteiger partial charge >= 0.3 is 0 Å². The van der Waals surface area contributed by atoms with Crippen LogP contribution in [0.3, 0.4) is 0 Å². The molecule has 6 heteroatoms. The number of rotatable bonds is 2. The number of thiazole rings is 1. The second-order valence-corrected chi connectivity index (χ2v) is 7.94. The SMILES string of the molecule is CC1(C)CC(=O)c2sc(NC(=O)c3c[nH]c4ccccc34)nc2C1. The van der Waals surface area contributed by atoms with Crippen molar-refractivity contribution < 1.29 is 9.59 Å². The van der Waals surface area contributed by atoms with Crippen molar-refractivity contribution in [3.05, 3.63) is 46.6 Å². The number of carbonyl (C=O) groups is 2. The standard InChI is InChI=1S/C18H17N3O2S/c1-18(2)7-13-15(14(22)8-18)24-17(20-13)21-16(23)11-9-19-12-6-4-3-5-10(11)12/h3-6,9,19H,7-8H2,1-2H3,(H,20,21,23). The van der Waals surface area contributed by atoms with Crippen molar-refractivity contribution in [3.8, 4) is 0 Å². The molecular weight excluding hydrogens is 322 g/mol. The van der Waals surface area contributed by atoms with E-state index in [0.29, 0.717) is 22.0 Å². The number of nitrogens with one attached hydrogen (secondary N) is 2. The van der Waals surface area contributed by atoms with Gasteiger partial charge in [0.25, 0.3) is 5.91 Å². The highest BCUT2D eigenvalue weighted by Crippen LogP contribution is 2.38. The maximum Gasteiger partial charge on any atom is 0.259 e. The number of anilines is 1. The molecule has 24 heavy (non-hydrogen) atoms. The van der Waals surface area contributed by atoms with E-state index >= 15 is 0 Å². The molecule has 1 aliphatic carbocycles. The molecule has 0 saturated carbocycles. The van der Waals surface area contributed by atoms with E-state index in [0.717, 1.165) is 23.0 Å². The van der Waals surface area contributed by atoms with Crippen LogP contribution in [-0.2, 0) is 6.42 Å². The van der Waals surface area contributed by atoms with Crippen LogP contribution in [0.15, 0.2) is 30.5 Å². The molecule has 3 aromatic rings. The summed E-state index contributed by atoms with van der Waals surface area (Å²) in [4.78, 5) is 33.1. The largest absolute Gasteiger partial charge is 0.360 e. The van der Waals surface area contributed by atoms with E-state index in [4.69, 9.17) is 0 Å². The van der Waals surface area contributed by atoms with E-state index < -0.39 is 0 Å². The number of hydrogen-bond acceptors (Lipinski definition) is 4. The Morgan fingerprint density at radius 2 is 2.08 bits per heavy atom. The number of nitrogens with zero attached hydrogens (tertiary/aromatic N) is 1. The molecule has 0 spiro atoms. The summed E-state index contributed by atoms with van der Waals surface area (Å²) in [5.41, 5.74) is 2.22. The molecule has 0 saturated heterocycles. The van der Waals surface area contributed by atoms with Gasteiger partial charge in [0, 0.05) is 23.5 Å². The maximum absolute atomic E-state index is 12.6. The predicted molar refractivity (Wildman–Crippen MR) is 94.8 cm³/mol. The fraction of sp³-hybridized carbons (Fsp3) is 0.278. The van der Waals surface area contributed by atoms with E-state index in [9.17, 15) is 9.59 Å². The average Bonchev–Trinajstić information content (AvgIpc) is 3.09. The summed E-state index contributed by atoms with van der Waals surface area (Å²) in [5.74, 6) is -0.100. The zero-order valence-electron chi connectivity index (χ0n) is 13.5. The van der Waals surface area contributed by atoms with Gasteiger partial charge in [-0.1, -0.05) is 43.4 Å². The molecule has 0 aliphatic heterocycles. The second-order valence-electron chi connectivity index (χ2n) is 6.94. The second kappa shape index (κ2) is 5.27. The van der Waals surface area contributed by atoms with Crippen LogP contribution in [0, 0.1) is 5.41 Å². The van der Waals surface area contributed by atoms with Gasteiger partial charge < -0.3 is 4.98 Å². The number of H-pyrrole nitrogens is 1. The van der Waals surface area contributed by atoms with Gasteiger partial charge in [0.15, 0.2) is 10.9 Å². The molecular formula is C18H17N3O2S. The Morgan fingerprint density at radius 3 is 2.92 bits per heavy atom. The number of amides is 1. The van der Waals surface area contributed by atoms with E-state index in [1.807, 2.05) is 24.3 Å². The Bertz CT molecular complexity index is 968. The normalized spacial score (nSPS) is 16.2. The highest BCUT2D eigenvalue weighted by Gasteiger charge is 2.34. The van der Waals surface area contributed by atoms with Crippen molar-refractivity contribution in [2.24, 2.45) is 5.41 Å². The average molecular weight is 339 g/mol. The highest BCUT2D eigenvalue weighted by atomic mass is 32.1. The Kier molecular flexibility index (Phi) is 3.31. The molecule has 1 amide bonds. The minimum Gasteiger partial charge on any atom is -0.360 e. The first kappa shape index (κ1) is 15.1. The van der Waals surface area contributed by atoms with Crippen LogP contribution in [0.2, 0.25) is 0 Å². The van der Waals surface area contributed by atoms with E-state index in [-0.39, 0.29) is 17.1 Å². The van der Waals surface area contributed by atoms with Gasteiger partial charge in [-0.2, -0.15) is 0 Å². The number of para-hydroxylation sites is 1. The summed E-state index contributed by atoms with van der Waals surface area (Å²) in [6.45, 7) is 4.13. The summed E-state index contributed by atoms with van der Waals surface area (Å²) in [6.07, 6.45) is 2.98. The molecule has 4 rings (SSSR count). The van der Waals surface area contributed by atoms with Crippen molar-refractivity contribution >= 4 is 39.1 Å². The molecule has 0 fully saturated rings. The third-order valence-corrected chi connectivity index (χ3v) is 5.34. The summed E-state index contributed by atoms with van der Waals surface area (Å²) < 4.78 is 0. The predicted octanol–water partition coefficient (Wildman–Crippen LogP) is 4.03. The van der Waals surface area contributed by atoms with Crippen molar-refractivity contribution in [1.82, 2.24) is 9.97 Å². The smallest absolute Gasteiger partial charge is 0.259 e. The van der Waals surface area contributed by atoms with Crippen LogP contribution >= 0.6 is 11.3 Å². The summed E-state index contributed by atoms with van der Waals surface area (Å²) in [7, 11) is 0. The topological polar surface area (TPSA) is 74.8 Å². The summed E-state index contributed by atoms with van der Waals surface area (Å²) >= 11 is 1.27. The first-order valence-electron chi connectivity index (χ1n) is 7.83. The number of fused-ring (bicyclic) bond motifs is 2. The first-order valence-corrected chi connectivity index (χ1v) is 8.65. The summed E-state index contributed by atoms with van der Waals surface area (Å²) in [6, 6.07) is 7.65. The molecule has 122 valence electrons. The molecule has 0 bridgehead atoms. The van der Waals surface area contributed by atoms with Crippen molar-refractivity contribution in [3.63, 3.8) is 0 Å². The van der Waals surface area contributed by atoms with Crippen LogP contribution < -0.4 is 5.32 Å². The number of ketones is 1. The lowest BCUT2D eigenvalue weighted by Crippen LogP contribution is -2.26. The lowest BCUT2D eigenvalue weighted by Gasteiger charge is -2.26. The molecule has 1 aromatic carbocycles. The van der Waals surface area contributed by atoms with Gasteiger partial charge in [-0.25, -0.2) is 4.98 Å². The lowest BCUT2D eigenvalue weighted by molar-refractivity contribution is 0.0915. The van der Waals surface area contributed by atoms with Crippen LogP contribution in [0.1, 0.15) is 46.0 Å². The Morgan fingerprint density at radius 1 is 1.29 bits per heavy atom. The molecule has 0 radical (unpaired) electrons. The van der Waals surface area contributed by atoms with Gasteiger partial charge in [0.05, 0.1) is 16.1 Å². The number of benzene rings is 1. The molecule has 2 N–H and O–H groups in total. The van der Waals surface area contributed by atoms with E-state index in [2.05, 4.69) is 29.1 Å². The third-order valence-electron chi connectivity index (χ3n) is 4.29. The molecule has 2 heterocycles. The molecule has 0 unspecified atom stereocenters. The van der Waals surface area contributed by atoms with Gasteiger partial charge in [0.2, 0.25) is 0 Å². The van der Waals surface area contributed by atoms with Crippen LogP contribution in [0.4, 0.5) is 5.13 Å². The number of Topliss-reactive ketones (excluding diaryl/α,β-unsaturated/α-hetero) is 1. The zero-order chi connectivity index (χ0) is 16.9. The molecule has 5 nitrogen and oxygen atoms in total. The van der Waals surface area contributed by atoms with E-state index in [1.165, 1.54) is 11.3 Å². The minimum absolute atomic E-state index is 0.0731. The quantitative estimate of drug-likeness (QED) is 0.740. The minimum atomic E-state index is -0.217. The van der Waals surface area contributed by atoms with Gasteiger partial charge in [-0.15, -0.1) is 0 Å². The van der Waals surface area contributed by atoms with Gasteiger partial charge in [-0.3, -0.25) is 14.9 Å². The van der Waals surface area contributed by atoms with Crippen molar-refractivity contribution in [1.29, 1.82) is 0 Å². The van der Waals surface area contributed by atoms with Gasteiger partial charge in [0.1, 0.15) is 0 Å². The molecule has 2 aromatic heterocycles. The number of aromatic nitrogens is 2. The van der Waals surface area contributed by atoms with E-state index in [1.54, 1.807) is 6.20 Å². The molecule has 0 atom stereocenters. The Balaban J connectivity index is 1.62. The first-order chi connectivity index (χ1) is 11.4.